The zero-order chi connectivity index (χ0) is 18.2. The Labute approximate surface area is 147 Å². The summed E-state index contributed by atoms with van der Waals surface area (Å²) in [7, 11) is 0. The van der Waals surface area contributed by atoms with E-state index in [9.17, 15) is 9.59 Å². The number of nitrogens with one attached hydrogen (secondary N) is 1. The number of carbonyl (C=O) groups is 2. The van der Waals surface area contributed by atoms with Crippen molar-refractivity contribution in [2.24, 2.45) is 5.92 Å². The molecular weight excluding hydrogens is 320 g/mol. The minimum Gasteiger partial charge on any atom is -0.480 e. The van der Waals surface area contributed by atoms with Gasteiger partial charge in [-0.15, -0.1) is 5.10 Å². The SMILES string of the molecule is CC(C)Cc1ccc(CCC(=O)NCc2cn(CC(=O)O)nn2)cc1. The monoisotopic (exact) mass is 344 g/mol. The van der Waals surface area contributed by atoms with Gasteiger partial charge in [0.05, 0.1) is 12.7 Å². The second-order valence-corrected chi connectivity index (χ2v) is 6.49. The van der Waals surface area contributed by atoms with Crippen LogP contribution >= 0.6 is 0 Å². The fourth-order valence-electron chi connectivity index (χ4n) is 2.48. The molecule has 0 fully saturated rings. The van der Waals surface area contributed by atoms with E-state index in [1.54, 1.807) is 0 Å². The van der Waals surface area contributed by atoms with E-state index in [-0.39, 0.29) is 19.0 Å². The van der Waals surface area contributed by atoms with Crippen molar-refractivity contribution in [1.82, 2.24) is 20.3 Å². The number of hydrogen-bond acceptors (Lipinski definition) is 4. The number of rotatable bonds is 9. The van der Waals surface area contributed by atoms with Crippen molar-refractivity contribution in [2.45, 2.75) is 46.2 Å². The van der Waals surface area contributed by atoms with Crippen LogP contribution in [-0.2, 0) is 35.5 Å². The standard InChI is InChI=1S/C18H24N4O3/c1-13(2)9-15-5-3-14(4-6-15)7-8-17(23)19-10-16-11-22(21-20-16)12-18(24)25/h3-6,11,13H,7-10,12H2,1-2H3,(H,19,23)(H,24,25). The Morgan fingerprint density at radius 2 is 1.88 bits per heavy atom. The molecule has 1 aromatic heterocycles. The number of carboxylic acids is 1. The molecule has 2 aromatic rings. The molecule has 0 aliphatic heterocycles. The van der Waals surface area contributed by atoms with Gasteiger partial charge < -0.3 is 10.4 Å². The summed E-state index contributed by atoms with van der Waals surface area (Å²) in [6.45, 7) is 4.39. The first kappa shape index (κ1) is 18.6. The first-order chi connectivity index (χ1) is 11.9. The van der Waals surface area contributed by atoms with Crippen LogP contribution in [0.2, 0.25) is 0 Å². The van der Waals surface area contributed by atoms with Gasteiger partial charge in [-0.25, -0.2) is 4.68 Å². The smallest absolute Gasteiger partial charge is 0.325 e. The Bertz CT molecular complexity index is 707. The van der Waals surface area contributed by atoms with E-state index >= 15 is 0 Å². The number of benzene rings is 1. The molecule has 1 heterocycles. The third kappa shape index (κ3) is 6.74. The van der Waals surface area contributed by atoms with Gasteiger partial charge in [-0.05, 0) is 29.9 Å². The van der Waals surface area contributed by atoms with Gasteiger partial charge in [0.15, 0.2) is 0 Å². The molecule has 0 saturated carbocycles. The Kier molecular flexibility index (Phi) is 6.68. The van der Waals surface area contributed by atoms with Crippen LogP contribution in [0.4, 0.5) is 0 Å². The fraction of sp³-hybridized carbons (Fsp3) is 0.444. The van der Waals surface area contributed by atoms with E-state index in [0.29, 0.717) is 24.5 Å². The van der Waals surface area contributed by atoms with E-state index in [2.05, 4.69) is 53.7 Å². The average molecular weight is 344 g/mol. The minimum absolute atomic E-state index is 0.0703. The van der Waals surface area contributed by atoms with E-state index in [0.717, 1.165) is 12.0 Å². The lowest BCUT2D eigenvalue weighted by Gasteiger charge is -2.07. The zero-order valence-corrected chi connectivity index (χ0v) is 14.6. The van der Waals surface area contributed by atoms with Crippen molar-refractivity contribution in [3.05, 3.63) is 47.3 Å². The molecule has 0 bridgehead atoms. The number of amides is 1. The summed E-state index contributed by atoms with van der Waals surface area (Å²) in [5.41, 5.74) is 2.98. The highest BCUT2D eigenvalue weighted by atomic mass is 16.4. The molecule has 0 radical (unpaired) electrons. The van der Waals surface area contributed by atoms with Gasteiger partial charge in [-0.3, -0.25) is 9.59 Å². The molecule has 1 amide bonds. The molecule has 0 unspecified atom stereocenters. The minimum atomic E-state index is -0.986. The van der Waals surface area contributed by atoms with Gasteiger partial charge in [0.2, 0.25) is 5.91 Å². The molecule has 7 heteroatoms. The van der Waals surface area contributed by atoms with Crippen LogP contribution in [0, 0.1) is 5.92 Å². The number of carboxylic acid groups (broad SMARTS) is 1. The van der Waals surface area contributed by atoms with Gasteiger partial charge in [-0.2, -0.15) is 0 Å². The van der Waals surface area contributed by atoms with Crippen LogP contribution in [0.5, 0.6) is 0 Å². The molecule has 25 heavy (non-hydrogen) atoms. The average Bonchev–Trinajstić information content (AvgIpc) is 2.98. The summed E-state index contributed by atoms with van der Waals surface area (Å²) >= 11 is 0. The lowest BCUT2D eigenvalue weighted by Crippen LogP contribution is -2.23. The summed E-state index contributed by atoms with van der Waals surface area (Å²) in [5, 5.41) is 19.0. The van der Waals surface area contributed by atoms with Crippen LogP contribution in [0.15, 0.2) is 30.5 Å². The molecular formula is C18H24N4O3. The number of nitrogens with zero attached hydrogens (tertiary/aromatic N) is 3. The van der Waals surface area contributed by atoms with Crippen molar-refractivity contribution in [3.63, 3.8) is 0 Å². The summed E-state index contributed by atoms with van der Waals surface area (Å²) in [6, 6.07) is 8.38. The third-order valence-corrected chi connectivity index (χ3v) is 3.66. The molecule has 0 spiro atoms. The summed E-state index contributed by atoms with van der Waals surface area (Å²) in [6.07, 6.45) is 3.65. The lowest BCUT2D eigenvalue weighted by atomic mass is 10.0. The van der Waals surface area contributed by atoms with Crippen molar-refractivity contribution in [1.29, 1.82) is 0 Å². The normalized spacial score (nSPS) is 10.8. The first-order valence-electron chi connectivity index (χ1n) is 8.37. The Hall–Kier alpha value is -2.70. The number of aryl methyl sites for hydroxylation is 1. The predicted molar refractivity (Wildman–Crippen MR) is 92.8 cm³/mol. The van der Waals surface area contributed by atoms with Crippen molar-refractivity contribution in [2.75, 3.05) is 0 Å². The number of aromatic nitrogens is 3. The largest absolute Gasteiger partial charge is 0.480 e. The van der Waals surface area contributed by atoms with Crippen LogP contribution < -0.4 is 5.32 Å². The van der Waals surface area contributed by atoms with Crippen LogP contribution in [0.25, 0.3) is 0 Å². The number of hydrogen-bond donors (Lipinski definition) is 2. The Morgan fingerprint density at radius 3 is 2.52 bits per heavy atom. The van der Waals surface area contributed by atoms with Crippen molar-refractivity contribution in [3.8, 4) is 0 Å². The molecule has 2 rings (SSSR count). The van der Waals surface area contributed by atoms with E-state index in [4.69, 9.17) is 5.11 Å². The van der Waals surface area contributed by atoms with Crippen molar-refractivity contribution >= 4 is 11.9 Å². The van der Waals surface area contributed by atoms with E-state index in [1.165, 1.54) is 16.4 Å². The second kappa shape index (κ2) is 8.96. The molecule has 0 atom stereocenters. The topological polar surface area (TPSA) is 97.1 Å². The molecule has 134 valence electrons. The van der Waals surface area contributed by atoms with Gasteiger partial charge in [-0.1, -0.05) is 43.3 Å². The van der Waals surface area contributed by atoms with Crippen LogP contribution in [0.3, 0.4) is 0 Å². The van der Waals surface area contributed by atoms with Crippen molar-refractivity contribution < 1.29 is 14.7 Å². The Morgan fingerprint density at radius 1 is 1.20 bits per heavy atom. The molecule has 0 saturated heterocycles. The summed E-state index contributed by atoms with van der Waals surface area (Å²) in [4.78, 5) is 22.5. The van der Waals surface area contributed by atoms with E-state index in [1.807, 2.05) is 0 Å². The summed E-state index contributed by atoms with van der Waals surface area (Å²) < 4.78 is 1.22. The highest BCUT2D eigenvalue weighted by molar-refractivity contribution is 5.76. The predicted octanol–water partition coefficient (Wildman–Crippen LogP) is 1.81. The fourth-order valence-corrected chi connectivity index (χ4v) is 2.48. The van der Waals surface area contributed by atoms with Crippen LogP contribution in [0.1, 0.15) is 37.1 Å². The highest BCUT2D eigenvalue weighted by Gasteiger charge is 2.07. The Balaban J connectivity index is 1.73. The second-order valence-electron chi connectivity index (χ2n) is 6.49. The number of aliphatic carboxylic acids is 1. The van der Waals surface area contributed by atoms with Gasteiger partial charge in [0.1, 0.15) is 12.2 Å². The zero-order valence-electron chi connectivity index (χ0n) is 14.6. The maximum atomic E-state index is 11.9. The van der Waals surface area contributed by atoms with Crippen LogP contribution in [-0.4, -0.2) is 32.0 Å². The number of carbonyl (C=O) groups excluding carboxylic acids is 1. The summed E-state index contributed by atoms with van der Waals surface area (Å²) in [5.74, 6) is -0.427. The maximum Gasteiger partial charge on any atom is 0.325 e. The molecule has 7 nitrogen and oxygen atoms in total. The van der Waals surface area contributed by atoms with Gasteiger partial charge in [0, 0.05) is 6.42 Å². The molecule has 0 aliphatic rings. The maximum absolute atomic E-state index is 11.9. The van der Waals surface area contributed by atoms with Gasteiger partial charge >= 0.3 is 5.97 Å². The molecule has 1 aromatic carbocycles. The highest BCUT2D eigenvalue weighted by Crippen LogP contribution is 2.11. The molecule has 0 aliphatic carbocycles. The van der Waals surface area contributed by atoms with E-state index < -0.39 is 5.97 Å². The third-order valence-electron chi connectivity index (χ3n) is 3.66. The quantitative estimate of drug-likeness (QED) is 0.723. The first-order valence-corrected chi connectivity index (χ1v) is 8.37. The van der Waals surface area contributed by atoms with Gasteiger partial charge in [0.25, 0.3) is 0 Å². The lowest BCUT2D eigenvalue weighted by molar-refractivity contribution is -0.138. The molecule has 2 N–H and O–H groups in total.